The number of amides is 1. The van der Waals surface area contributed by atoms with E-state index in [9.17, 15) is 4.79 Å². The summed E-state index contributed by atoms with van der Waals surface area (Å²) in [5.41, 5.74) is 1.12. The molecule has 1 N–H and O–H groups in total. The highest BCUT2D eigenvalue weighted by Gasteiger charge is 2.24. The van der Waals surface area contributed by atoms with Gasteiger partial charge in [0.1, 0.15) is 0 Å². The molecule has 2 atom stereocenters. The summed E-state index contributed by atoms with van der Waals surface area (Å²) in [6.07, 6.45) is 1.31. The lowest BCUT2D eigenvalue weighted by atomic mass is 10.1. The Morgan fingerprint density at radius 1 is 1.37 bits per heavy atom. The lowest BCUT2D eigenvalue weighted by molar-refractivity contribution is -0.132. The Bertz CT molecular complexity index is 440. The van der Waals surface area contributed by atoms with E-state index < -0.39 is 0 Å². The van der Waals surface area contributed by atoms with Gasteiger partial charge in [-0.3, -0.25) is 4.79 Å². The van der Waals surface area contributed by atoms with Crippen LogP contribution in [0.1, 0.15) is 25.8 Å². The number of rotatable bonds is 3. The van der Waals surface area contributed by atoms with E-state index in [2.05, 4.69) is 19.2 Å². The quantitative estimate of drug-likeness (QED) is 0.923. The van der Waals surface area contributed by atoms with Crippen LogP contribution in [0.4, 0.5) is 0 Å². The Labute approximate surface area is 119 Å². The summed E-state index contributed by atoms with van der Waals surface area (Å²) in [6.45, 7) is 5.84. The Morgan fingerprint density at radius 3 is 2.68 bits per heavy atom. The first kappa shape index (κ1) is 14.4. The molecule has 0 radical (unpaired) electrons. The summed E-state index contributed by atoms with van der Waals surface area (Å²) in [5.74, 6) is 0.236. The summed E-state index contributed by atoms with van der Waals surface area (Å²) < 4.78 is 0. The lowest BCUT2D eigenvalue weighted by Crippen LogP contribution is -2.55. The van der Waals surface area contributed by atoms with E-state index in [1.54, 1.807) is 0 Å². The third-order valence-corrected chi connectivity index (χ3v) is 3.66. The predicted octanol–water partition coefficient (Wildman–Crippen LogP) is 2.48. The minimum Gasteiger partial charge on any atom is -0.340 e. The first-order valence-electron chi connectivity index (χ1n) is 6.83. The van der Waals surface area contributed by atoms with Crippen molar-refractivity contribution in [2.75, 3.05) is 13.1 Å². The van der Waals surface area contributed by atoms with Crippen molar-refractivity contribution in [2.45, 2.75) is 38.8 Å². The number of piperazine rings is 1. The van der Waals surface area contributed by atoms with Crippen molar-refractivity contribution in [3.05, 3.63) is 34.9 Å². The van der Waals surface area contributed by atoms with Gasteiger partial charge in [-0.2, -0.15) is 0 Å². The monoisotopic (exact) mass is 280 g/mol. The molecule has 1 saturated heterocycles. The maximum absolute atomic E-state index is 12.2. The van der Waals surface area contributed by atoms with Gasteiger partial charge in [0.2, 0.25) is 5.91 Å². The highest BCUT2D eigenvalue weighted by atomic mass is 35.5. The van der Waals surface area contributed by atoms with Gasteiger partial charge in [-0.15, -0.1) is 0 Å². The average molecular weight is 281 g/mol. The van der Waals surface area contributed by atoms with E-state index in [0.717, 1.165) is 30.1 Å². The van der Waals surface area contributed by atoms with Crippen LogP contribution in [-0.2, 0) is 11.2 Å². The van der Waals surface area contributed by atoms with E-state index in [1.807, 2.05) is 29.2 Å². The van der Waals surface area contributed by atoms with Gasteiger partial charge in [0, 0.05) is 36.6 Å². The molecule has 0 bridgehead atoms. The summed E-state index contributed by atoms with van der Waals surface area (Å²) >= 11 is 5.94. The molecule has 2 rings (SSSR count). The van der Waals surface area contributed by atoms with Crippen LogP contribution in [0, 0.1) is 0 Å². The molecular formula is C15H21ClN2O. The van der Waals surface area contributed by atoms with E-state index in [1.165, 1.54) is 0 Å². The molecule has 104 valence electrons. The maximum Gasteiger partial charge on any atom is 0.223 e. The van der Waals surface area contributed by atoms with Gasteiger partial charge in [-0.1, -0.05) is 23.7 Å². The molecule has 1 amide bonds. The number of aryl methyl sites for hydroxylation is 1. The van der Waals surface area contributed by atoms with Gasteiger partial charge < -0.3 is 10.2 Å². The van der Waals surface area contributed by atoms with Crippen molar-refractivity contribution in [3.8, 4) is 0 Å². The summed E-state index contributed by atoms with van der Waals surface area (Å²) in [5, 5.41) is 4.16. The van der Waals surface area contributed by atoms with Crippen molar-refractivity contribution in [2.24, 2.45) is 0 Å². The second-order valence-electron chi connectivity index (χ2n) is 5.40. The lowest BCUT2D eigenvalue weighted by Gasteiger charge is -2.36. The molecule has 1 aromatic rings. The van der Waals surface area contributed by atoms with E-state index in [0.29, 0.717) is 18.5 Å². The predicted molar refractivity (Wildman–Crippen MR) is 78.4 cm³/mol. The molecule has 0 aromatic heterocycles. The molecule has 0 aliphatic carbocycles. The fourth-order valence-corrected chi connectivity index (χ4v) is 2.85. The number of nitrogens with one attached hydrogen (secondary N) is 1. The largest absolute Gasteiger partial charge is 0.340 e. The van der Waals surface area contributed by atoms with E-state index in [4.69, 9.17) is 11.6 Å². The number of carbonyl (C=O) groups is 1. The van der Waals surface area contributed by atoms with Crippen molar-refractivity contribution in [3.63, 3.8) is 0 Å². The smallest absolute Gasteiger partial charge is 0.223 e. The number of hydrogen-bond donors (Lipinski definition) is 1. The number of halogens is 1. The van der Waals surface area contributed by atoms with Crippen LogP contribution in [0.3, 0.4) is 0 Å². The minimum absolute atomic E-state index is 0.236. The Morgan fingerprint density at radius 2 is 2.05 bits per heavy atom. The van der Waals surface area contributed by atoms with Crippen molar-refractivity contribution in [1.29, 1.82) is 0 Å². The molecule has 4 heteroatoms. The fourth-order valence-electron chi connectivity index (χ4n) is 2.63. The van der Waals surface area contributed by atoms with Crippen molar-refractivity contribution in [1.82, 2.24) is 10.2 Å². The Kier molecular flexibility index (Phi) is 4.83. The van der Waals surface area contributed by atoms with E-state index in [-0.39, 0.29) is 5.91 Å². The molecule has 1 aliphatic rings. The molecule has 3 nitrogen and oxygen atoms in total. The Balaban J connectivity index is 1.87. The molecular weight excluding hydrogens is 260 g/mol. The SMILES string of the molecule is C[C@@H]1CN(C(=O)CCc2cccc(Cl)c2)C[C@@H](C)N1. The van der Waals surface area contributed by atoms with E-state index >= 15 is 0 Å². The summed E-state index contributed by atoms with van der Waals surface area (Å²) in [6, 6.07) is 8.47. The maximum atomic E-state index is 12.2. The van der Waals surface area contributed by atoms with Crippen LogP contribution < -0.4 is 5.32 Å². The average Bonchev–Trinajstić information content (AvgIpc) is 2.35. The highest BCUT2D eigenvalue weighted by Crippen LogP contribution is 2.13. The molecule has 1 heterocycles. The van der Waals surface area contributed by atoms with Gasteiger partial charge in [-0.25, -0.2) is 0 Å². The normalized spacial score (nSPS) is 23.4. The van der Waals surface area contributed by atoms with Crippen molar-refractivity contribution < 1.29 is 4.79 Å². The summed E-state index contributed by atoms with van der Waals surface area (Å²) in [7, 11) is 0. The van der Waals surface area contributed by atoms with Crippen LogP contribution in [-0.4, -0.2) is 36.0 Å². The minimum atomic E-state index is 0.236. The second kappa shape index (κ2) is 6.40. The molecule has 0 saturated carbocycles. The standard InChI is InChI=1S/C15H21ClN2O/c1-11-9-18(10-12(2)17-11)15(19)7-6-13-4-3-5-14(16)8-13/h3-5,8,11-12,17H,6-7,9-10H2,1-2H3/t11-,12-/m1/s1. The number of benzene rings is 1. The van der Waals surface area contributed by atoms with Gasteiger partial charge in [-0.05, 0) is 38.0 Å². The molecule has 1 aliphatic heterocycles. The van der Waals surface area contributed by atoms with Gasteiger partial charge in [0.25, 0.3) is 0 Å². The zero-order valence-electron chi connectivity index (χ0n) is 11.5. The van der Waals surface area contributed by atoms with Crippen LogP contribution >= 0.6 is 11.6 Å². The van der Waals surface area contributed by atoms with Crippen molar-refractivity contribution >= 4 is 17.5 Å². The van der Waals surface area contributed by atoms with Crippen LogP contribution in [0.15, 0.2) is 24.3 Å². The third kappa shape index (κ3) is 4.22. The van der Waals surface area contributed by atoms with Crippen LogP contribution in [0.25, 0.3) is 0 Å². The number of hydrogen-bond acceptors (Lipinski definition) is 2. The molecule has 0 spiro atoms. The molecule has 1 fully saturated rings. The second-order valence-corrected chi connectivity index (χ2v) is 5.83. The van der Waals surface area contributed by atoms with Crippen LogP contribution in [0.5, 0.6) is 0 Å². The fraction of sp³-hybridized carbons (Fsp3) is 0.533. The third-order valence-electron chi connectivity index (χ3n) is 3.43. The van der Waals surface area contributed by atoms with Gasteiger partial charge in [0.05, 0.1) is 0 Å². The number of nitrogens with zero attached hydrogens (tertiary/aromatic N) is 1. The van der Waals surface area contributed by atoms with Crippen LogP contribution in [0.2, 0.25) is 5.02 Å². The summed E-state index contributed by atoms with van der Waals surface area (Å²) in [4.78, 5) is 14.2. The number of carbonyl (C=O) groups excluding carboxylic acids is 1. The van der Waals surface area contributed by atoms with Gasteiger partial charge >= 0.3 is 0 Å². The highest BCUT2D eigenvalue weighted by molar-refractivity contribution is 6.30. The topological polar surface area (TPSA) is 32.3 Å². The van der Waals surface area contributed by atoms with Gasteiger partial charge in [0.15, 0.2) is 0 Å². The molecule has 19 heavy (non-hydrogen) atoms. The zero-order chi connectivity index (χ0) is 13.8. The first-order valence-corrected chi connectivity index (χ1v) is 7.20. The molecule has 0 unspecified atom stereocenters. The molecule has 1 aromatic carbocycles. The Hall–Kier alpha value is -1.06. The first-order chi connectivity index (χ1) is 9.04. The zero-order valence-corrected chi connectivity index (χ0v) is 12.3.